The Morgan fingerprint density at radius 2 is 1.91 bits per heavy atom. The van der Waals surface area contributed by atoms with Gasteiger partial charge in [0.1, 0.15) is 0 Å². The van der Waals surface area contributed by atoms with Crippen LogP contribution in [-0.4, -0.2) is 36.3 Å². The Morgan fingerprint density at radius 3 is 2.53 bits per heavy atom. The smallest absolute Gasteiger partial charge is 0.279 e. The van der Waals surface area contributed by atoms with Crippen LogP contribution in [-0.2, 0) is 16.6 Å². The van der Waals surface area contributed by atoms with Crippen molar-refractivity contribution in [2.24, 2.45) is 4.99 Å². The van der Waals surface area contributed by atoms with Gasteiger partial charge in [-0.05, 0) is 49.2 Å². The summed E-state index contributed by atoms with van der Waals surface area (Å²) >= 11 is 1.40. The molecule has 0 aliphatic heterocycles. The molecule has 32 heavy (non-hydrogen) atoms. The summed E-state index contributed by atoms with van der Waals surface area (Å²) in [5.74, 6) is 2.18. The molecule has 1 aromatic heterocycles. The monoisotopic (exact) mass is 469 g/mol. The summed E-state index contributed by atoms with van der Waals surface area (Å²) in [7, 11) is -3.59. The third-order valence-electron chi connectivity index (χ3n) is 5.20. The number of para-hydroxylation sites is 1. The molecule has 0 N–H and O–H groups in total. The molecule has 0 fully saturated rings. The summed E-state index contributed by atoms with van der Waals surface area (Å²) in [6, 6.07) is 11.9. The number of carbonyl (C=O) groups is 1. The highest BCUT2D eigenvalue weighted by Crippen LogP contribution is 2.21. The van der Waals surface area contributed by atoms with Crippen molar-refractivity contribution in [3.8, 4) is 12.3 Å². The van der Waals surface area contributed by atoms with Crippen molar-refractivity contribution < 1.29 is 13.2 Å². The normalized spacial score (nSPS) is 12.4. The number of aryl methyl sites for hydroxylation is 1. The zero-order valence-corrected chi connectivity index (χ0v) is 20.2. The second kappa shape index (κ2) is 10.3. The summed E-state index contributed by atoms with van der Waals surface area (Å²) in [5.41, 5.74) is 2.35. The number of aromatic nitrogens is 1. The standard InChI is InChI=1S/C24H27N3O3S2/c1-5-8-17-26(7-3)32(29,30)20-14-12-19(13-15-20)23(28)25-24-27(16-6-2)22-18(4)10-9-11-21(22)31-24/h2,9-15H,5,7-8,16-17H2,1,3-4H3. The van der Waals surface area contributed by atoms with E-state index < -0.39 is 15.9 Å². The molecule has 8 heteroatoms. The molecule has 1 amide bonds. The SMILES string of the molecule is C#CCn1c(=NC(=O)c2ccc(S(=O)(=O)N(CC)CCCC)cc2)sc2cccc(C)c21. The molecule has 6 nitrogen and oxygen atoms in total. The van der Waals surface area contributed by atoms with E-state index in [4.69, 9.17) is 6.42 Å². The van der Waals surface area contributed by atoms with Crippen molar-refractivity contribution in [2.45, 2.75) is 45.1 Å². The predicted octanol–water partition coefficient (Wildman–Crippen LogP) is 4.20. The van der Waals surface area contributed by atoms with E-state index in [9.17, 15) is 13.2 Å². The lowest BCUT2D eigenvalue weighted by Crippen LogP contribution is -2.31. The van der Waals surface area contributed by atoms with Gasteiger partial charge in [0.15, 0.2) is 4.80 Å². The van der Waals surface area contributed by atoms with Crippen LogP contribution in [0.15, 0.2) is 52.4 Å². The average Bonchev–Trinajstić information content (AvgIpc) is 3.12. The summed E-state index contributed by atoms with van der Waals surface area (Å²) in [4.78, 5) is 17.8. The van der Waals surface area contributed by atoms with Crippen molar-refractivity contribution >= 4 is 37.5 Å². The van der Waals surface area contributed by atoms with Gasteiger partial charge in [-0.25, -0.2) is 8.42 Å². The number of nitrogens with zero attached hydrogens (tertiary/aromatic N) is 3. The maximum absolute atomic E-state index is 12.9. The van der Waals surface area contributed by atoms with Gasteiger partial charge in [-0.2, -0.15) is 9.30 Å². The fourth-order valence-corrected chi connectivity index (χ4v) is 6.08. The highest BCUT2D eigenvalue weighted by Gasteiger charge is 2.22. The minimum absolute atomic E-state index is 0.173. The van der Waals surface area contributed by atoms with Crippen molar-refractivity contribution in [3.63, 3.8) is 0 Å². The number of rotatable bonds is 8. The quantitative estimate of drug-likeness (QED) is 0.464. The van der Waals surface area contributed by atoms with Gasteiger partial charge in [0, 0.05) is 18.7 Å². The van der Waals surface area contributed by atoms with Crippen molar-refractivity contribution in [1.29, 1.82) is 0 Å². The van der Waals surface area contributed by atoms with Crippen LogP contribution in [0.3, 0.4) is 0 Å². The molecule has 1 heterocycles. The van der Waals surface area contributed by atoms with Gasteiger partial charge in [0.25, 0.3) is 5.91 Å². The number of amides is 1. The number of hydrogen-bond donors (Lipinski definition) is 0. The third kappa shape index (κ3) is 4.85. The molecule has 2 aromatic carbocycles. The van der Waals surface area contributed by atoms with Crippen molar-refractivity contribution in [1.82, 2.24) is 8.87 Å². The summed E-state index contributed by atoms with van der Waals surface area (Å²) in [5, 5.41) is 0. The first-order valence-electron chi connectivity index (χ1n) is 10.5. The molecule has 0 unspecified atom stereocenters. The lowest BCUT2D eigenvalue weighted by atomic mass is 10.2. The zero-order chi connectivity index (χ0) is 23.3. The van der Waals surface area contributed by atoms with E-state index >= 15 is 0 Å². The maximum atomic E-state index is 12.9. The molecule has 0 aliphatic carbocycles. The van der Waals surface area contributed by atoms with Crippen LogP contribution in [0.4, 0.5) is 0 Å². The number of unbranched alkanes of at least 4 members (excludes halogenated alkanes) is 1. The Labute approximate surface area is 193 Å². The summed E-state index contributed by atoms with van der Waals surface area (Å²) in [6.07, 6.45) is 7.26. The first kappa shape index (κ1) is 23.9. The van der Waals surface area contributed by atoms with E-state index in [0.29, 0.717) is 30.0 Å². The third-order valence-corrected chi connectivity index (χ3v) is 8.23. The largest absolute Gasteiger partial charge is 0.304 e. The molecule has 0 atom stereocenters. The number of hydrogen-bond acceptors (Lipinski definition) is 4. The van der Waals surface area contributed by atoms with Crippen LogP contribution in [0.1, 0.15) is 42.6 Å². The molecule has 0 spiro atoms. The first-order valence-corrected chi connectivity index (χ1v) is 12.8. The van der Waals surface area contributed by atoms with Gasteiger partial charge in [-0.1, -0.05) is 49.7 Å². The number of carbonyl (C=O) groups excluding carboxylic acids is 1. The number of fused-ring (bicyclic) bond motifs is 1. The Morgan fingerprint density at radius 1 is 1.19 bits per heavy atom. The van der Waals surface area contributed by atoms with Crippen LogP contribution in [0.25, 0.3) is 10.2 Å². The van der Waals surface area contributed by atoms with Crippen LogP contribution in [0, 0.1) is 19.3 Å². The van der Waals surface area contributed by atoms with Crippen LogP contribution in [0.5, 0.6) is 0 Å². The minimum Gasteiger partial charge on any atom is -0.304 e. The molecule has 3 aromatic rings. The van der Waals surface area contributed by atoms with Crippen LogP contribution in [0.2, 0.25) is 0 Å². The fraction of sp³-hybridized carbons (Fsp3) is 0.333. The summed E-state index contributed by atoms with van der Waals surface area (Å²) < 4.78 is 30.1. The molecule has 168 valence electrons. The fourth-order valence-electron chi connectivity index (χ4n) is 3.48. The number of sulfonamides is 1. The molecule has 3 rings (SSSR count). The molecular weight excluding hydrogens is 442 g/mol. The van der Waals surface area contributed by atoms with Gasteiger partial charge in [0.05, 0.1) is 21.7 Å². The molecule has 0 bridgehead atoms. The number of thiazole rings is 1. The average molecular weight is 470 g/mol. The Kier molecular flexibility index (Phi) is 7.67. The lowest BCUT2D eigenvalue weighted by Gasteiger charge is -2.20. The van der Waals surface area contributed by atoms with Gasteiger partial charge >= 0.3 is 0 Å². The highest BCUT2D eigenvalue weighted by molar-refractivity contribution is 7.89. The second-order valence-corrected chi connectivity index (χ2v) is 10.3. The minimum atomic E-state index is -3.59. The molecule has 0 aliphatic rings. The van der Waals surface area contributed by atoms with E-state index in [1.54, 1.807) is 0 Å². The summed E-state index contributed by atoms with van der Waals surface area (Å²) in [6.45, 7) is 7.02. The number of benzene rings is 2. The van der Waals surface area contributed by atoms with E-state index in [1.165, 1.54) is 39.9 Å². The maximum Gasteiger partial charge on any atom is 0.279 e. The molecule has 0 radical (unpaired) electrons. The van der Waals surface area contributed by atoms with E-state index in [1.807, 2.05) is 43.5 Å². The van der Waals surface area contributed by atoms with Crippen molar-refractivity contribution in [2.75, 3.05) is 13.1 Å². The molecule has 0 saturated heterocycles. The van der Waals surface area contributed by atoms with E-state index in [-0.39, 0.29) is 4.90 Å². The van der Waals surface area contributed by atoms with E-state index in [2.05, 4.69) is 10.9 Å². The molecule has 0 saturated carbocycles. The second-order valence-electron chi connectivity index (χ2n) is 7.39. The first-order chi connectivity index (χ1) is 15.3. The Balaban J connectivity index is 1.95. The number of terminal acetylenes is 1. The highest BCUT2D eigenvalue weighted by atomic mass is 32.2. The zero-order valence-electron chi connectivity index (χ0n) is 18.5. The van der Waals surface area contributed by atoms with Crippen LogP contribution >= 0.6 is 11.3 Å². The van der Waals surface area contributed by atoms with Crippen molar-refractivity contribution in [3.05, 3.63) is 58.4 Å². The Hall–Kier alpha value is -2.73. The van der Waals surface area contributed by atoms with Gasteiger partial charge in [-0.3, -0.25) is 4.79 Å². The van der Waals surface area contributed by atoms with Gasteiger partial charge in [0.2, 0.25) is 10.0 Å². The van der Waals surface area contributed by atoms with Gasteiger partial charge in [-0.15, -0.1) is 6.42 Å². The topological polar surface area (TPSA) is 71.7 Å². The Bertz CT molecular complexity index is 1330. The lowest BCUT2D eigenvalue weighted by molar-refractivity contribution is 0.0998. The predicted molar refractivity (Wildman–Crippen MR) is 129 cm³/mol. The van der Waals surface area contributed by atoms with Crippen LogP contribution < -0.4 is 4.80 Å². The van der Waals surface area contributed by atoms with E-state index in [0.717, 1.165) is 28.6 Å². The molecular formula is C24H27N3O3S2. The van der Waals surface area contributed by atoms with Gasteiger partial charge < -0.3 is 4.57 Å².